The van der Waals surface area contributed by atoms with Gasteiger partial charge in [-0.2, -0.15) is 0 Å². The van der Waals surface area contributed by atoms with Crippen molar-refractivity contribution in [2.24, 2.45) is 5.16 Å². The van der Waals surface area contributed by atoms with Crippen LogP contribution in [0.3, 0.4) is 0 Å². The van der Waals surface area contributed by atoms with Gasteiger partial charge in [-0.05, 0) is 37.0 Å². The van der Waals surface area contributed by atoms with Crippen molar-refractivity contribution in [3.05, 3.63) is 35.4 Å². The highest BCUT2D eigenvalue weighted by Gasteiger charge is 2.25. The molecule has 7 heteroatoms. The maximum atomic E-state index is 12.7. The van der Waals surface area contributed by atoms with Crippen molar-refractivity contribution in [1.29, 1.82) is 0 Å². The molecule has 0 spiro atoms. The molecule has 27 heavy (non-hydrogen) atoms. The molecule has 2 aliphatic rings. The van der Waals surface area contributed by atoms with Gasteiger partial charge in [-0.1, -0.05) is 17.3 Å². The molecule has 7 nitrogen and oxygen atoms in total. The van der Waals surface area contributed by atoms with E-state index >= 15 is 0 Å². The normalized spacial score (nSPS) is 18.7. The standard InChI is InChI=1S/C20H28N4O3/c1-27-21-15-17-5-7-18(8-6-17)20(26)24-13-11-22(12-14-24)16-19(25)23-9-3-2-4-10-23/h5-8,15H,2-4,9-14,16H2,1H3/b21-15+. The molecule has 2 aliphatic heterocycles. The van der Waals surface area contributed by atoms with Crippen LogP contribution in [0.5, 0.6) is 0 Å². The first-order chi connectivity index (χ1) is 13.2. The highest BCUT2D eigenvalue weighted by Crippen LogP contribution is 2.12. The van der Waals surface area contributed by atoms with E-state index in [0.717, 1.165) is 44.6 Å². The fourth-order valence-corrected chi connectivity index (χ4v) is 3.55. The highest BCUT2D eigenvalue weighted by atomic mass is 16.6. The second kappa shape index (κ2) is 9.50. The quantitative estimate of drug-likeness (QED) is 0.579. The van der Waals surface area contributed by atoms with Crippen LogP contribution in [-0.2, 0) is 9.63 Å². The first-order valence-electron chi connectivity index (χ1n) is 9.63. The van der Waals surface area contributed by atoms with Gasteiger partial charge in [-0.15, -0.1) is 0 Å². The topological polar surface area (TPSA) is 65.5 Å². The third-order valence-electron chi connectivity index (χ3n) is 5.19. The van der Waals surface area contributed by atoms with Gasteiger partial charge in [0.05, 0.1) is 12.8 Å². The first-order valence-corrected chi connectivity index (χ1v) is 9.63. The molecule has 2 fully saturated rings. The lowest BCUT2D eigenvalue weighted by Crippen LogP contribution is -2.52. The van der Waals surface area contributed by atoms with E-state index in [1.807, 2.05) is 34.1 Å². The number of amides is 2. The SMILES string of the molecule is CO/N=C/c1ccc(C(=O)N2CCN(CC(=O)N3CCCCC3)CC2)cc1. The number of piperazine rings is 1. The summed E-state index contributed by atoms with van der Waals surface area (Å²) >= 11 is 0. The van der Waals surface area contributed by atoms with Gasteiger partial charge >= 0.3 is 0 Å². The number of rotatable bonds is 5. The van der Waals surface area contributed by atoms with E-state index in [0.29, 0.717) is 25.2 Å². The lowest BCUT2D eigenvalue weighted by atomic mass is 10.1. The molecule has 0 unspecified atom stereocenters. The molecule has 2 saturated heterocycles. The van der Waals surface area contributed by atoms with Crippen LogP contribution in [0, 0.1) is 0 Å². The van der Waals surface area contributed by atoms with Crippen molar-refractivity contribution in [3.8, 4) is 0 Å². The molecule has 146 valence electrons. The van der Waals surface area contributed by atoms with Gasteiger partial charge in [-0.25, -0.2) is 0 Å². The molecule has 0 atom stereocenters. The number of carbonyl (C=O) groups excluding carboxylic acids is 2. The second-order valence-corrected chi connectivity index (χ2v) is 7.05. The Kier molecular flexibility index (Phi) is 6.81. The summed E-state index contributed by atoms with van der Waals surface area (Å²) in [7, 11) is 1.49. The maximum absolute atomic E-state index is 12.7. The van der Waals surface area contributed by atoms with E-state index in [1.54, 1.807) is 6.21 Å². The van der Waals surface area contributed by atoms with E-state index in [1.165, 1.54) is 13.5 Å². The average molecular weight is 372 g/mol. The molecule has 2 amide bonds. The summed E-state index contributed by atoms with van der Waals surface area (Å²) in [6, 6.07) is 7.32. The Morgan fingerprint density at radius 2 is 1.63 bits per heavy atom. The van der Waals surface area contributed by atoms with Crippen molar-refractivity contribution < 1.29 is 14.4 Å². The van der Waals surface area contributed by atoms with E-state index in [4.69, 9.17) is 0 Å². The van der Waals surface area contributed by atoms with E-state index < -0.39 is 0 Å². The molecule has 0 aliphatic carbocycles. The summed E-state index contributed by atoms with van der Waals surface area (Å²) in [4.78, 5) is 35.7. The molecule has 0 aromatic heterocycles. The Labute approximate surface area is 160 Å². The van der Waals surface area contributed by atoms with Crippen LogP contribution in [0.4, 0.5) is 0 Å². The molecule has 1 aromatic rings. The molecule has 0 saturated carbocycles. The number of likely N-dealkylation sites (tertiary alicyclic amines) is 1. The molecule has 2 heterocycles. The predicted molar refractivity (Wildman–Crippen MR) is 104 cm³/mol. The first kappa shape index (κ1) is 19.4. The minimum Gasteiger partial charge on any atom is -0.399 e. The predicted octanol–water partition coefficient (Wildman–Crippen LogP) is 1.44. The largest absolute Gasteiger partial charge is 0.399 e. The third-order valence-corrected chi connectivity index (χ3v) is 5.19. The molecule has 0 bridgehead atoms. The van der Waals surface area contributed by atoms with Gasteiger partial charge in [0.2, 0.25) is 5.91 Å². The molecule has 1 aromatic carbocycles. The summed E-state index contributed by atoms with van der Waals surface area (Å²) in [5.41, 5.74) is 1.55. The number of hydrogen-bond acceptors (Lipinski definition) is 5. The number of piperidine rings is 1. The smallest absolute Gasteiger partial charge is 0.253 e. The van der Waals surface area contributed by atoms with E-state index in [-0.39, 0.29) is 11.8 Å². The van der Waals surface area contributed by atoms with Gasteiger partial charge in [0.1, 0.15) is 7.11 Å². The zero-order chi connectivity index (χ0) is 19.1. The summed E-state index contributed by atoms with van der Waals surface area (Å²) in [5, 5.41) is 3.72. The van der Waals surface area contributed by atoms with Gasteiger partial charge in [0.25, 0.3) is 5.91 Å². The number of benzene rings is 1. The Morgan fingerprint density at radius 3 is 2.26 bits per heavy atom. The Bertz CT molecular complexity index is 660. The van der Waals surface area contributed by atoms with Gasteiger partial charge in [0.15, 0.2) is 0 Å². The number of hydrogen-bond donors (Lipinski definition) is 0. The van der Waals surface area contributed by atoms with Crippen LogP contribution < -0.4 is 0 Å². The van der Waals surface area contributed by atoms with Crippen molar-refractivity contribution in [1.82, 2.24) is 14.7 Å². The minimum absolute atomic E-state index is 0.0345. The minimum atomic E-state index is 0.0345. The van der Waals surface area contributed by atoms with Gasteiger partial charge in [0, 0.05) is 44.8 Å². The zero-order valence-corrected chi connectivity index (χ0v) is 16.0. The summed E-state index contributed by atoms with van der Waals surface area (Å²) < 4.78 is 0. The van der Waals surface area contributed by atoms with E-state index in [2.05, 4.69) is 14.9 Å². The summed E-state index contributed by atoms with van der Waals surface area (Å²) in [6.45, 7) is 5.03. The van der Waals surface area contributed by atoms with Crippen molar-refractivity contribution in [2.45, 2.75) is 19.3 Å². The van der Waals surface area contributed by atoms with Crippen molar-refractivity contribution >= 4 is 18.0 Å². The number of oxime groups is 1. The fraction of sp³-hybridized carbons (Fsp3) is 0.550. The van der Waals surface area contributed by atoms with Crippen LogP contribution in [-0.4, -0.2) is 85.7 Å². The van der Waals surface area contributed by atoms with Crippen molar-refractivity contribution in [2.75, 3.05) is 52.9 Å². The van der Waals surface area contributed by atoms with Crippen LogP contribution in [0.1, 0.15) is 35.2 Å². The van der Waals surface area contributed by atoms with Crippen LogP contribution in [0.2, 0.25) is 0 Å². The van der Waals surface area contributed by atoms with Crippen LogP contribution in [0.15, 0.2) is 29.4 Å². The fourth-order valence-electron chi connectivity index (χ4n) is 3.55. The second-order valence-electron chi connectivity index (χ2n) is 7.05. The Balaban J connectivity index is 1.47. The molecular formula is C20H28N4O3. The van der Waals surface area contributed by atoms with Crippen LogP contribution in [0.25, 0.3) is 0 Å². The average Bonchev–Trinajstić information content (AvgIpc) is 2.73. The van der Waals surface area contributed by atoms with Crippen LogP contribution >= 0.6 is 0 Å². The lowest BCUT2D eigenvalue weighted by Gasteiger charge is -2.36. The monoisotopic (exact) mass is 372 g/mol. The summed E-state index contributed by atoms with van der Waals surface area (Å²) in [5.74, 6) is 0.259. The molecule has 0 N–H and O–H groups in total. The highest BCUT2D eigenvalue weighted by molar-refractivity contribution is 5.95. The molecular weight excluding hydrogens is 344 g/mol. The number of carbonyl (C=O) groups is 2. The Morgan fingerprint density at radius 1 is 0.963 bits per heavy atom. The molecule has 3 rings (SSSR count). The van der Waals surface area contributed by atoms with E-state index in [9.17, 15) is 9.59 Å². The third kappa shape index (κ3) is 5.29. The lowest BCUT2D eigenvalue weighted by molar-refractivity contribution is -0.133. The van der Waals surface area contributed by atoms with Gasteiger partial charge in [-0.3, -0.25) is 14.5 Å². The summed E-state index contributed by atoms with van der Waals surface area (Å²) in [6.07, 6.45) is 5.06. The Hall–Kier alpha value is -2.41. The maximum Gasteiger partial charge on any atom is 0.253 e. The van der Waals surface area contributed by atoms with Gasteiger partial charge < -0.3 is 14.6 Å². The molecule has 0 radical (unpaired) electrons. The zero-order valence-electron chi connectivity index (χ0n) is 16.0. The number of nitrogens with zero attached hydrogens (tertiary/aromatic N) is 4. The van der Waals surface area contributed by atoms with Crippen molar-refractivity contribution in [3.63, 3.8) is 0 Å².